The molecule has 1 spiro atoms. The van der Waals surface area contributed by atoms with E-state index in [-0.39, 0.29) is 11.9 Å². The number of hydrogen-bond donors (Lipinski definition) is 2. The van der Waals surface area contributed by atoms with Gasteiger partial charge in [-0.05, 0) is 24.6 Å². The first-order chi connectivity index (χ1) is 12.8. The van der Waals surface area contributed by atoms with E-state index in [1.807, 2.05) is 19.9 Å². The Hall–Kier alpha value is -2.81. The quantitative estimate of drug-likeness (QED) is 0.738. The van der Waals surface area contributed by atoms with Crippen LogP contribution in [0.1, 0.15) is 19.4 Å². The lowest BCUT2D eigenvalue weighted by Gasteiger charge is -2.28. The zero-order valence-corrected chi connectivity index (χ0v) is 15.6. The van der Waals surface area contributed by atoms with Crippen LogP contribution in [-0.4, -0.2) is 38.7 Å². The van der Waals surface area contributed by atoms with Gasteiger partial charge in [0.15, 0.2) is 22.3 Å². The third-order valence-electron chi connectivity index (χ3n) is 6.38. The first-order valence-electron chi connectivity index (χ1n) is 8.62. The van der Waals surface area contributed by atoms with Gasteiger partial charge in [-0.15, -0.1) is 0 Å². The van der Waals surface area contributed by atoms with E-state index in [0.717, 1.165) is 5.56 Å². The van der Waals surface area contributed by atoms with Crippen molar-refractivity contribution >= 4 is 5.84 Å². The van der Waals surface area contributed by atoms with Crippen molar-refractivity contribution in [2.24, 2.45) is 16.6 Å². The van der Waals surface area contributed by atoms with Gasteiger partial charge in [-0.3, -0.25) is 5.73 Å². The minimum Gasteiger partial charge on any atom is -0.493 e. The Morgan fingerprint density at radius 2 is 1.93 bits per heavy atom. The minimum atomic E-state index is -1.47. The highest BCUT2D eigenvalue weighted by Gasteiger charge is 3.03. The molecule has 3 aliphatic rings. The predicted molar refractivity (Wildman–Crippen MR) is 92.4 cm³/mol. The summed E-state index contributed by atoms with van der Waals surface area (Å²) in [7, 11) is 3.08. The van der Waals surface area contributed by atoms with Crippen LogP contribution in [0.4, 0.5) is 0 Å². The third kappa shape index (κ3) is 1.54. The molecule has 0 radical (unpaired) electrons. The molecule has 2 aliphatic heterocycles. The van der Waals surface area contributed by atoms with E-state index in [0.29, 0.717) is 18.1 Å². The third-order valence-corrected chi connectivity index (χ3v) is 6.38. The molecule has 1 aliphatic carbocycles. The van der Waals surface area contributed by atoms with Gasteiger partial charge in [-0.25, -0.2) is 4.99 Å². The molecular formula is C19H21N4O4+. The topological polar surface area (TPSA) is 124 Å². The van der Waals surface area contributed by atoms with Crippen molar-refractivity contribution in [3.05, 3.63) is 23.8 Å². The fourth-order valence-electron chi connectivity index (χ4n) is 5.08. The molecule has 1 saturated heterocycles. The van der Waals surface area contributed by atoms with E-state index in [9.17, 15) is 10.5 Å². The van der Waals surface area contributed by atoms with Gasteiger partial charge in [0.05, 0.1) is 44.5 Å². The van der Waals surface area contributed by atoms with Crippen LogP contribution < -0.4 is 20.2 Å². The summed E-state index contributed by atoms with van der Waals surface area (Å²) in [6, 6.07) is 9.97. The Kier molecular flexibility index (Phi) is 3.34. The summed E-state index contributed by atoms with van der Waals surface area (Å²) in [6.07, 6.45) is -0.236. The minimum absolute atomic E-state index is 0.179. The maximum Gasteiger partial charge on any atom is 0.344 e. The van der Waals surface area contributed by atoms with Crippen LogP contribution in [0.15, 0.2) is 18.2 Å². The Labute approximate surface area is 157 Å². The molecule has 27 heavy (non-hydrogen) atoms. The SMILES string of the molecule is COc1ccc([C@@]2(C)[C@]3(C#N)C(N)=[NH+][C@@]4(OC[C@H](C)O4)[C@@]32C#N)cc1OC. The van der Waals surface area contributed by atoms with Gasteiger partial charge in [0, 0.05) is 0 Å². The first kappa shape index (κ1) is 17.6. The molecule has 1 saturated carbocycles. The molecule has 8 nitrogen and oxygen atoms in total. The van der Waals surface area contributed by atoms with Crippen LogP contribution in [0, 0.1) is 33.5 Å². The van der Waals surface area contributed by atoms with Gasteiger partial charge in [0.25, 0.3) is 5.84 Å². The highest BCUT2D eigenvalue weighted by atomic mass is 16.8. The molecule has 8 heteroatoms. The number of nitriles is 2. The fourth-order valence-corrected chi connectivity index (χ4v) is 5.08. The Morgan fingerprint density at radius 3 is 2.44 bits per heavy atom. The second-order valence-electron chi connectivity index (χ2n) is 7.31. The van der Waals surface area contributed by atoms with Crippen molar-refractivity contribution in [1.29, 1.82) is 10.5 Å². The number of methoxy groups -OCH3 is 2. The molecule has 5 atom stereocenters. The first-order valence-corrected chi connectivity index (χ1v) is 8.62. The van der Waals surface area contributed by atoms with Gasteiger partial charge >= 0.3 is 5.91 Å². The number of nitrogens with zero attached hydrogens (tertiary/aromatic N) is 2. The summed E-state index contributed by atoms with van der Waals surface area (Å²) in [4.78, 5) is 2.97. The van der Waals surface area contributed by atoms with E-state index in [1.54, 1.807) is 19.2 Å². The van der Waals surface area contributed by atoms with E-state index >= 15 is 0 Å². The molecule has 3 N–H and O–H groups in total. The van der Waals surface area contributed by atoms with Gasteiger partial charge in [0.2, 0.25) is 0 Å². The summed E-state index contributed by atoms with van der Waals surface area (Å²) in [6.45, 7) is 3.99. The monoisotopic (exact) mass is 369 g/mol. The van der Waals surface area contributed by atoms with Crippen molar-refractivity contribution < 1.29 is 23.9 Å². The normalized spacial score (nSPS) is 41.4. The van der Waals surface area contributed by atoms with E-state index < -0.39 is 22.2 Å². The average molecular weight is 369 g/mol. The highest BCUT2D eigenvalue weighted by Crippen LogP contribution is 2.82. The van der Waals surface area contributed by atoms with Gasteiger partial charge in [0.1, 0.15) is 0 Å². The summed E-state index contributed by atoms with van der Waals surface area (Å²) >= 11 is 0. The molecule has 2 fully saturated rings. The number of nitrogens with one attached hydrogen (secondary N) is 1. The van der Waals surface area contributed by atoms with Crippen LogP contribution >= 0.6 is 0 Å². The van der Waals surface area contributed by atoms with Gasteiger partial charge < -0.3 is 18.9 Å². The molecule has 0 amide bonds. The second-order valence-corrected chi connectivity index (χ2v) is 7.31. The highest BCUT2D eigenvalue weighted by molar-refractivity contribution is 5.97. The molecule has 0 bridgehead atoms. The number of benzene rings is 1. The lowest BCUT2D eigenvalue weighted by molar-refractivity contribution is -0.679. The summed E-state index contributed by atoms with van der Waals surface area (Å²) in [5.74, 6) is -0.231. The zero-order chi connectivity index (χ0) is 19.7. The summed E-state index contributed by atoms with van der Waals surface area (Å²) in [5.41, 5.74) is 3.37. The maximum absolute atomic E-state index is 10.3. The van der Waals surface area contributed by atoms with Crippen LogP contribution in [-0.2, 0) is 14.9 Å². The standard InChI is InChI=1S/C19H20N4O4/c1-11-8-26-19(27-11)18(10-21)16(2,17(18,9-20)15(22)23-19)12-5-6-13(24-3)14(7-12)25-4/h5-7,11H,8H2,1-4H3,(H2,22,23)/p+1/t11-,16-,17-,18+,19+/m0/s1. The average Bonchev–Trinajstić information content (AvgIpc) is 2.85. The Balaban J connectivity index is 1.96. The van der Waals surface area contributed by atoms with E-state index in [1.165, 1.54) is 7.11 Å². The van der Waals surface area contributed by atoms with Crippen molar-refractivity contribution in [3.63, 3.8) is 0 Å². The number of hydrogen-bond acceptors (Lipinski definition) is 7. The second kappa shape index (κ2) is 5.13. The lowest BCUT2D eigenvalue weighted by Crippen LogP contribution is -2.90. The molecule has 1 aromatic carbocycles. The van der Waals surface area contributed by atoms with Gasteiger partial charge in [-0.2, -0.15) is 10.5 Å². The summed E-state index contributed by atoms with van der Waals surface area (Å²) < 4.78 is 22.6. The molecule has 0 unspecified atom stereocenters. The predicted octanol–water partition coefficient (Wildman–Crippen LogP) is -0.464. The zero-order valence-electron chi connectivity index (χ0n) is 15.6. The van der Waals surface area contributed by atoms with Crippen LogP contribution in [0.2, 0.25) is 0 Å². The van der Waals surface area contributed by atoms with Crippen molar-refractivity contribution in [2.75, 3.05) is 20.8 Å². The van der Waals surface area contributed by atoms with Crippen LogP contribution in [0.5, 0.6) is 11.5 Å². The smallest absolute Gasteiger partial charge is 0.344 e. The lowest BCUT2D eigenvalue weighted by atomic mass is 9.84. The number of nitrogens with two attached hydrogens (primary N) is 1. The molecule has 4 rings (SSSR count). The largest absolute Gasteiger partial charge is 0.493 e. The molecule has 1 aromatic rings. The number of amidine groups is 1. The number of rotatable bonds is 3. The van der Waals surface area contributed by atoms with E-state index in [4.69, 9.17) is 24.7 Å². The fraction of sp³-hybridized carbons (Fsp3) is 0.526. The molecular weight excluding hydrogens is 348 g/mol. The number of fused-ring (bicyclic) bond motifs is 2. The van der Waals surface area contributed by atoms with Crippen LogP contribution in [0.3, 0.4) is 0 Å². The van der Waals surface area contributed by atoms with Crippen molar-refractivity contribution in [3.8, 4) is 23.6 Å². The molecule has 2 heterocycles. The molecule has 140 valence electrons. The van der Waals surface area contributed by atoms with Crippen molar-refractivity contribution in [2.45, 2.75) is 31.3 Å². The number of ether oxygens (including phenoxy) is 4. The maximum atomic E-state index is 10.3. The molecule has 0 aromatic heterocycles. The summed E-state index contributed by atoms with van der Waals surface area (Å²) in [5, 5.41) is 20.4. The van der Waals surface area contributed by atoms with E-state index in [2.05, 4.69) is 17.1 Å². The van der Waals surface area contributed by atoms with Crippen molar-refractivity contribution in [1.82, 2.24) is 0 Å². The Bertz CT molecular complexity index is 950. The van der Waals surface area contributed by atoms with Crippen LogP contribution in [0.25, 0.3) is 0 Å². The van der Waals surface area contributed by atoms with Gasteiger partial charge in [-0.1, -0.05) is 13.0 Å². The Morgan fingerprint density at radius 1 is 1.22 bits per heavy atom.